The predicted molar refractivity (Wildman–Crippen MR) is 131 cm³/mol. The van der Waals surface area contributed by atoms with E-state index in [1.807, 2.05) is 29.8 Å². The van der Waals surface area contributed by atoms with Crippen molar-refractivity contribution in [3.05, 3.63) is 34.2 Å². The van der Waals surface area contributed by atoms with Gasteiger partial charge in [-0.1, -0.05) is 11.8 Å². The van der Waals surface area contributed by atoms with E-state index in [1.54, 1.807) is 14.2 Å². The maximum atomic E-state index is 12.7. The number of carbonyl (C=O) groups is 2. The first-order valence-corrected chi connectivity index (χ1v) is 12.5. The molecule has 0 atom stereocenters. The van der Waals surface area contributed by atoms with Gasteiger partial charge in [0, 0.05) is 17.5 Å². The minimum atomic E-state index is -0.407. The molecule has 2 heterocycles. The van der Waals surface area contributed by atoms with E-state index < -0.39 is 5.97 Å². The maximum Gasteiger partial charge on any atom is 0.341 e. The summed E-state index contributed by atoms with van der Waals surface area (Å²) in [7, 11) is 6.36. The van der Waals surface area contributed by atoms with Gasteiger partial charge in [-0.15, -0.1) is 21.5 Å². The SMILES string of the molecule is COC(=O)c1c(NC(=O)CSc2nnc(-c3ccc(OC)c(OC)c3)n2C)sc2c1CCCC2. The highest BCUT2D eigenvalue weighted by Crippen LogP contribution is 2.39. The molecule has 180 valence electrons. The van der Waals surface area contributed by atoms with E-state index in [2.05, 4.69) is 15.5 Å². The molecule has 34 heavy (non-hydrogen) atoms. The lowest BCUT2D eigenvalue weighted by Gasteiger charge is -2.11. The number of thiophene rings is 1. The van der Waals surface area contributed by atoms with Crippen LogP contribution in [-0.2, 0) is 29.4 Å². The number of nitrogens with one attached hydrogen (secondary N) is 1. The minimum Gasteiger partial charge on any atom is -0.493 e. The average molecular weight is 503 g/mol. The number of hydrogen-bond donors (Lipinski definition) is 1. The van der Waals surface area contributed by atoms with Crippen LogP contribution in [0.5, 0.6) is 11.5 Å². The summed E-state index contributed by atoms with van der Waals surface area (Å²) in [5, 5.41) is 12.6. The first-order valence-electron chi connectivity index (χ1n) is 10.7. The molecule has 11 heteroatoms. The third-order valence-electron chi connectivity index (χ3n) is 5.62. The number of aromatic nitrogens is 3. The molecule has 1 aliphatic rings. The van der Waals surface area contributed by atoms with Gasteiger partial charge in [-0.05, 0) is 49.4 Å². The van der Waals surface area contributed by atoms with Gasteiger partial charge in [0.25, 0.3) is 0 Å². The normalized spacial score (nSPS) is 12.7. The smallest absolute Gasteiger partial charge is 0.341 e. The lowest BCUT2D eigenvalue weighted by molar-refractivity contribution is -0.113. The third-order valence-corrected chi connectivity index (χ3v) is 7.85. The van der Waals surface area contributed by atoms with E-state index in [4.69, 9.17) is 14.2 Å². The molecule has 1 aliphatic carbocycles. The molecule has 1 N–H and O–H groups in total. The van der Waals surface area contributed by atoms with Gasteiger partial charge >= 0.3 is 5.97 Å². The molecular weight excluding hydrogens is 476 g/mol. The largest absolute Gasteiger partial charge is 0.493 e. The van der Waals surface area contributed by atoms with E-state index in [0.29, 0.717) is 33.0 Å². The number of amides is 1. The Hall–Kier alpha value is -3.05. The lowest BCUT2D eigenvalue weighted by atomic mass is 9.95. The molecule has 0 bridgehead atoms. The number of rotatable bonds is 8. The van der Waals surface area contributed by atoms with Gasteiger partial charge in [-0.3, -0.25) is 4.79 Å². The Morgan fingerprint density at radius 2 is 1.88 bits per heavy atom. The molecular formula is C23H26N4O5S2. The topological polar surface area (TPSA) is 105 Å². The zero-order valence-electron chi connectivity index (χ0n) is 19.5. The first kappa shape index (κ1) is 24.1. The Bertz CT molecular complexity index is 1220. The summed E-state index contributed by atoms with van der Waals surface area (Å²) in [5.41, 5.74) is 2.32. The number of aryl methyl sites for hydroxylation is 1. The van der Waals surface area contributed by atoms with Gasteiger partial charge in [0.2, 0.25) is 5.91 Å². The number of benzene rings is 1. The molecule has 0 saturated heterocycles. The number of esters is 1. The second-order valence-corrected chi connectivity index (χ2v) is 9.73. The van der Waals surface area contributed by atoms with Crippen LogP contribution in [0.4, 0.5) is 5.00 Å². The van der Waals surface area contributed by atoms with Gasteiger partial charge in [0.05, 0.1) is 32.6 Å². The predicted octanol–water partition coefficient (Wildman–Crippen LogP) is 3.96. The van der Waals surface area contributed by atoms with E-state index in [-0.39, 0.29) is 11.7 Å². The summed E-state index contributed by atoms with van der Waals surface area (Å²) in [4.78, 5) is 26.3. The molecule has 0 saturated carbocycles. The van der Waals surface area contributed by atoms with Crippen LogP contribution in [0.3, 0.4) is 0 Å². The highest BCUT2D eigenvalue weighted by molar-refractivity contribution is 7.99. The van der Waals surface area contributed by atoms with Crippen LogP contribution < -0.4 is 14.8 Å². The van der Waals surface area contributed by atoms with Gasteiger partial charge in [0.1, 0.15) is 5.00 Å². The van der Waals surface area contributed by atoms with Crippen molar-refractivity contribution in [2.75, 3.05) is 32.4 Å². The second kappa shape index (κ2) is 10.5. The number of nitrogens with zero attached hydrogens (tertiary/aromatic N) is 3. The van der Waals surface area contributed by atoms with Crippen LogP contribution in [0.25, 0.3) is 11.4 Å². The molecule has 2 aromatic heterocycles. The van der Waals surface area contributed by atoms with Crippen molar-refractivity contribution in [3.8, 4) is 22.9 Å². The van der Waals surface area contributed by atoms with Crippen LogP contribution in [0.1, 0.15) is 33.6 Å². The second-order valence-electron chi connectivity index (χ2n) is 7.68. The molecule has 0 aliphatic heterocycles. The number of fused-ring (bicyclic) bond motifs is 1. The van der Waals surface area contributed by atoms with Crippen molar-refractivity contribution in [1.82, 2.24) is 14.8 Å². The van der Waals surface area contributed by atoms with E-state index in [9.17, 15) is 9.59 Å². The van der Waals surface area contributed by atoms with Crippen LogP contribution in [0.2, 0.25) is 0 Å². The summed E-state index contributed by atoms with van der Waals surface area (Å²) in [5.74, 6) is 1.36. The minimum absolute atomic E-state index is 0.126. The zero-order chi connectivity index (χ0) is 24.2. The van der Waals surface area contributed by atoms with Gasteiger partial charge in [-0.25, -0.2) is 4.79 Å². The van der Waals surface area contributed by atoms with Gasteiger partial charge < -0.3 is 24.1 Å². The molecule has 1 amide bonds. The van der Waals surface area contributed by atoms with Crippen molar-refractivity contribution >= 4 is 40.0 Å². The molecule has 9 nitrogen and oxygen atoms in total. The Kier molecular flexibility index (Phi) is 7.42. The summed E-state index contributed by atoms with van der Waals surface area (Å²) < 4.78 is 17.5. The Morgan fingerprint density at radius 1 is 1.12 bits per heavy atom. The van der Waals surface area contributed by atoms with Gasteiger partial charge in [0.15, 0.2) is 22.5 Å². The molecule has 0 fully saturated rings. The van der Waals surface area contributed by atoms with E-state index in [0.717, 1.165) is 41.7 Å². The number of thioether (sulfide) groups is 1. The van der Waals surface area contributed by atoms with Crippen LogP contribution in [0, 0.1) is 0 Å². The number of carbonyl (C=O) groups excluding carboxylic acids is 2. The fourth-order valence-corrected chi connectivity index (χ4v) is 5.94. The number of anilines is 1. The highest BCUT2D eigenvalue weighted by Gasteiger charge is 2.27. The van der Waals surface area contributed by atoms with E-state index >= 15 is 0 Å². The third kappa shape index (κ3) is 4.76. The van der Waals surface area contributed by atoms with Crippen molar-refractivity contribution < 1.29 is 23.8 Å². The molecule has 1 aromatic carbocycles. The van der Waals surface area contributed by atoms with Crippen molar-refractivity contribution in [1.29, 1.82) is 0 Å². The monoisotopic (exact) mass is 502 g/mol. The van der Waals surface area contributed by atoms with Crippen molar-refractivity contribution in [2.45, 2.75) is 30.8 Å². The summed E-state index contributed by atoms with van der Waals surface area (Å²) in [6.07, 6.45) is 3.88. The molecule has 0 unspecified atom stereocenters. The number of ether oxygens (including phenoxy) is 3. The van der Waals surface area contributed by atoms with Crippen LogP contribution in [0.15, 0.2) is 23.4 Å². The zero-order valence-corrected chi connectivity index (χ0v) is 21.1. The van der Waals surface area contributed by atoms with Crippen molar-refractivity contribution in [3.63, 3.8) is 0 Å². The standard InChI is InChI=1S/C23H26N4O5S2/c1-27-20(13-9-10-15(30-2)16(11-13)31-3)25-26-23(27)33-12-18(28)24-21-19(22(29)32-4)14-7-5-6-8-17(14)34-21/h9-11H,5-8,12H2,1-4H3,(H,24,28). The van der Waals surface area contributed by atoms with Crippen LogP contribution >= 0.6 is 23.1 Å². The lowest BCUT2D eigenvalue weighted by Crippen LogP contribution is -2.17. The highest BCUT2D eigenvalue weighted by atomic mass is 32.2. The average Bonchev–Trinajstić information content (AvgIpc) is 3.41. The molecule has 3 aromatic rings. The summed E-state index contributed by atoms with van der Waals surface area (Å²) in [6, 6.07) is 5.51. The summed E-state index contributed by atoms with van der Waals surface area (Å²) >= 11 is 2.74. The molecule has 0 spiro atoms. The molecule has 0 radical (unpaired) electrons. The molecule has 4 rings (SSSR count). The fraction of sp³-hybridized carbons (Fsp3) is 0.391. The number of hydrogen-bond acceptors (Lipinski definition) is 9. The quantitative estimate of drug-likeness (QED) is 0.365. The van der Waals surface area contributed by atoms with Gasteiger partial charge in [-0.2, -0.15) is 0 Å². The van der Waals surface area contributed by atoms with E-state index in [1.165, 1.54) is 30.2 Å². The first-order chi connectivity index (χ1) is 16.5. The fourth-order valence-electron chi connectivity index (χ4n) is 3.93. The van der Waals surface area contributed by atoms with Crippen LogP contribution in [-0.4, -0.2) is 53.7 Å². The number of methoxy groups -OCH3 is 3. The Labute approximate surface area is 205 Å². The Morgan fingerprint density at radius 3 is 2.62 bits per heavy atom. The maximum absolute atomic E-state index is 12.7. The summed E-state index contributed by atoms with van der Waals surface area (Å²) in [6.45, 7) is 0. The van der Waals surface area contributed by atoms with Crippen molar-refractivity contribution in [2.24, 2.45) is 7.05 Å². The Balaban J connectivity index is 1.46.